The van der Waals surface area contributed by atoms with Gasteiger partial charge in [0.2, 0.25) is 11.8 Å². The Morgan fingerprint density at radius 3 is 2.83 bits per heavy atom. The summed E-state index contributed by atoms with van der Waals surface area (Å²) < 4.78 is 4.80. The zero-order valence-electron chi connectivity index (χ0n) is 11.0. The van der Waals surface area contributed by atoms with Crippen molar-refractivity contribution >= 4 is 11.8 Å². The van der Waals surface area contributed by atoms with Crippen LogP contribution in [-0.4, -0.2) is 51.2 Å². The number of carbonyl (C=O) groups is 2. The second-order valence-corrected chi connectivity index (χ2v) is 4.45. The first kappa shape index (κ1) is 14.9. The summed E-state index contributed by atoms with van der Waals surface area (Å²) in [6.07, 6.45) is 3.65. The highest BCUT2D eigenvalue weighted by Crippen LogP contribution is 2.10. The van der Waals surface area contributed by atoms with E-state index in [1.54, 1.807) is 7.11 Å². The summed E-state index contributed by atoms with van der Waals surface area (Å²) in [7, 11) is 1.57. The third kappa shape index (κ3) is 6.56. The molecule has 6 nitrogen and oxygen atoms in total. The minimum Gasteiger partial charge on any atom is -0.383 e. The number of rotatable bonds is 8. The van der Waals surface area contributed by atoms with E-state index in [-0.39, 0.29) is 18.4 Å². The number of carbonyl (C=O) groups excluding carboxylic acids is 2. The molecule has 0 bridgehead atoms. The first-order valence-electron chi connectivity index (χ1n) is 6.48. The predicted octanol–water partition coefficient (Wildman–Crippen LogP) is -0.603. The van der Waals surface area contributed by atoms with Gasteiger partial charge in [0.15, 0.2) is 0 Å². The van der Waals surface area contributed by atoms with E-state index in [4.69, 9.17) is 4.74 Å². The van der Waals surface area contributed by atoms with Crippen LogP contribution in [0.3, 0.4) is 0 Å². The van der Waals surface area contributed by atoms with Crippen LogP contribution in [0.15, 0.2) is 0 Å². The van der Waals surface area contributed by atoms with Gasteiger partial charge in [0, 0.05) is 26.1 Å². The fraction of sp³-hybridized carbons (Fsp3) is 0.833. The van der Waals surface area contributed by atoms with Gasteiger partial charge in [-0.1, -0.05) is 0 Å². The molecular weight excluding hydrogens is 234 g/mol. The van der Waals surface area contributed by atoms with Gasteiger partial charge >= 0.3 is 0 Å². The summed E-state index contributed by atoms with van der Waals surface area (Å²) in [6, 6.07) is 0.464. The molecule has 0 aromatic carbocycles. The Hall–Kier alpha value is -1.14. The van der Waals surface area contributed by atoms with Gasteiger partial charge in [-0.3, -0.25) is 9.59 Å². The van der Waals surface area contributed by atoms with Crippen molar-refractivity contribution < 1.29 is 14.3 Å². The third-order valence-corrected chi connectivity index (χ3v) is 2.96. The van der Waals surface area contributed by atoms with E-state index in [0.29, 0.717) is 25.6 Å². The molecule has 1 unspecified atom stereocenters. The standard InChI is InChI=1S/C12H23N3O3/c1-18-8-7-14-12(17)9-15-11(16)5-4-10-3-2-6-13-10/h10,13H,2-9H2,1H3,(H,14,17)(H,15,16). The van der Waals surface area contributed by atoms with Gasteiger partial charge in [-0.15, -0.1) is 0 Å². The summed E-state index contributed by atoms with van der Waals surface area (Å²) in [5.41, 5.74) is 0. The van der Waals surface area contributed by atoms with Crippen molar-refractivity contribution in [3.8, 4) is 0 Å². The molecular formula is C12H23N3O3. The minimum absolute atomic E-state index is 0.0423. The summed E-state index contributed by atoms with van der Waals surface area (Å²) in [5, 5.41) is 8.60. The van der Waals surface area contributed by atoms with Crippen molar-refractivity contribution in [1.29, 1.82) is 0 Å². The third-order valence-electron chi connectivity index (χ3n) is 2.96. The maximum atomic E-state index is 11.5. The van der Waals surface area contributed by atoms with E-state index in [9.17, 15) is 9.59 Å². The van der Waals surface area contributed by atoms with Gasteiger partial charge in [-0.05, 0) is 25.8 Å². The molecule has 1 heterocycles. The lowest BCUT2D eigenvalue weighted by Crippen LogP contribution is -2.38. The Morgan fingerprint density at radius 2 is 2.17 bits per heavy atom. The average molecular weight is 257 g/mol. The maximum absolute atomic E-state index is 11.5. The van der Waals surface area contributed by atoms with Crippen molar-refractivity contribution in [1.82, 2.24) is 16.0 Å². The van der Waals surface area contributed by atoms with Crippen LogP contribution in [0.25, 0.3) is 0 Å². The zero-order valence-corrected chi connectivity index (χ0v) is 11.0. The van der Waals surface area contributed by atoms with Gasteiger partial charge in [-0.25, -0.2) is 0 Å². The number of hydrogen-bond acceptors (Lipinski definition) is 4. The highest BCUT2D eigenvalue weighted by molar-refractivity contribution is 5.84. The molecule has 1 aliphatic rings. The van der Waals surface area contributed by atoms with Crippen molar-refractivity contribution in [3.63, 3.8) is 0 Å². The SMILES string of the molecule is COCCNC(=O)CNC(=O)CCC1CCCN1. The molecule has 1 saturated heterocycles. The molecule has 1 rings (SSSR count). The lowest BCUT2D eigenvalue weighted by molar-refractivity contribution is -0.126. The molecule has 2 amide bonds. The van der Waals surface area contributed by atoms with Crippen LogP contribution in [0.1, 0.15) is 25.7 Å². The second kappa shape index (κ2) is 8.88. The monoisotopic (exact) mass is 257 g/mol. The van der Waals surface area contributed by atoms with Crippen LogP contribution in [0.5, 0.6) is 0 Å². The van der Waals surface area contributed by atoms with Crippen molar-refractivity contribution in [2.45, 2.75) is 31.7 Å². The van der Waals surface area contributed by atoms with Gasteiger partial charge < -0.3 is 20.7 Å². The van der Waals surface area contributed by atoms with Crippen LogP contribution in [0, 0.1) is 0 Å². The Kier molecular flexibility index (Phi) is 7.36. The molecule has 0 aromatic heterocycles. The topological polar surface area (TPSA) is 79.5 Å². The van der Waals surface area contributed by atoms with Crippen LogP contribution in [-0.2, 0) is 14.3 Å². The molecule has 18 heavy (non-hydrogen) atoms. The quantitative estimate of drug-likeness (QED) is 0.507. The average Bonchev–Trinajstić information content (AvgIpc) is 2.87. The number of methoxy groups -OCH3 is 1. The summed E-state index contributed by atoms with van der Waals surface area (Å²) in [5.74, 6) is -0.245. The van der Waals surface area contributed by atoms with E-state index in [1.807, 2.05) is 0 Å². The Labute approximate surface area is 108 Å². The van der Waals surface area contributed by atoms with Crippen molar-refractivity contribution in [2.75, 3.05) is 33.4 Å². The molecule has 0 spiro atoms. The number of ether oxygens (including phenoxy) is 1. The van der Waals surface area contributed by atoms with Gasteiger partial charge in [0.05, 0.1) is 13.2 Å². The van der Waals surface area contributed by atoms with Crippen LogP contribution in [0.2, 0.25) is 0 Å². The van der Waals surface area contributed by atoms with Crippen LogP contribution >= 0.6 is 0 Å². The number of amides is 2. The van der Waals surface area contributed by atoms with Gasteiger partial charge in [0.25, 0.3) is 0 Å². The van der Waals surface area contributed by atoms with Crippen LogP contribution < -0.4 is 16.0 Å². The maximum Gasteiger partial charge on any atom is 0.239 e. The molecule has 0 aromatic rings. The number of hydrogen-bond donors (Lipinski definition) is 3. The largest absolute Gasteiger partial charge is 0.383 e. The predicted molar refractivity (Wildman–Crippen MR) is 68.2 cm³/mol. The van der Waals surface area contributed by atoms with Crippen molar-refractivity contribution in [2.24, 2.45) is 0 Å². The molecule has 0 saturated carbocycles. The molecule has 6 heteroatoms. The Bertz CT molecular complexity index is 265. The smallest absolute Gasteiger partial charge is 0.239 e. The zero-order chi connectivity index (χ0) is 13.2. The lowest BCUT2D eigenvalue weighted by atomic mass is 10.1. The molecule has 3 N–H and O–H groups in total. The summed E-state index contributed by atoms with van der Waals surface area (Å²) in [6.45, 7) is 2.04. The molecule has 1 aliphatic heterocycles. The van der Waals surface area contributed by atoms with E-state index >= 15 is 0 Å². The highest BCUT2D eigenvalue weighted by atomic mass is 16.5. The van der Waals surface area contributed by atoms with E-state index < -0.39 is 0 Å². The van der Waals surface area contributed by atoms with E-state index in [1.165, 1.54) is 6.42 Å². The lowest BCUT2D eigenvalue weighted by Gasteiger charge is -2.10. The molecule has 0 radical (unpaired) electrons. The molecule has 104 valence electrons. The fourth-order valence-electron chi connectivity index (χ4n) is 1.93. The normalized spacial score (nSPS) is 18.6. The molecule has 0 aliphatic carbocycles. The summed E-state index contributed by atoms with van der Waals surface area (Å²) >= 11 is 0. The van der Waals surface area contributed by atoms with Gasteiger partial charge in [0.1, 0.15) is 0 Å². The second-order valence-electron chi connectivity index (χ2n) is 4.45. The highest BCUT2D eigenvalue weighted by Gasteiger charge is 2.15. The molecule has 1 atom stereocenters. The van der Waals surface area contributed by atoms with E-state index in [2.05, 4.69) is 16.0 Å². The Balaban J connectivity index is 1.99. The first-order valence-corrected chi connectivity index (χ1v) is 6.48. The minimum atomic E-state index is -0.181. The van der Waals surface area contributed by atoms with E-state index in [0.717, 1.165) is 19.4 Å². The van der Waals surface area contributed by atoms with Gasteiger partial charge in [-0.2, -0.15) is 0 Å². The number of nitrogens with one attached hydrogen (secondary N) is 3. The van der Waals surface area contributed by atoms with Crippen LogP contribution in [0.4, 0.5) is 0 Å². The summed E-state index contributed by atoms with van der Waals surface area (Å²) in [4.78, 5) is 22.8. The Morgan fingerprint density at radius 1 is 1.33 bits per heavy atom. The first-order chi connectivity index (χ1) is 8.72. The fourth-order valence-corrected chi connectivity index (χ4v) is 1.93. The molecule has 1 fully saturated rings. The van der Waals surface area contributed by atoms with Crippen molar-refractivity contribution in [3.05, 3.63) is 0 Å².